The molecule has 1 unspecified atom stereocenters. The van der Waals surface area contributed by atoms with Gasteiger partial charge in [0.2, 0.25) is 15.9 Å². The van der Waals surface area contributed by atoms with E-state index in [1.807, 2.05) is 25.1 Å². The number of ether oxygens (including phenoxy) is 2. The molecule has 3 heterocycles. The van der Waals surface area contributed by atoms with Crippen LogP contribution in [0.1, 0.15) is 32.6 Å². The van der Waals surface area contributed by atoms with Gasteiger partial charge in [0, 0.05) is 25.6 Å². The van der Waals surface area contributed by atoms with E-state index in [9.17, 15) is 17.6 Å². The third kappa shape index (κ3) is 5.50. The van der Waals surface area contributed by atoms with Gasteiger partial charge in [-0.2, -0.15) is 4.31 Å². The number of anilines is 1. The minimum atomic E-state index is -3.75. The van der Waals surface area contributed by atoms with Crippen LogP contribution >= 0.6 is 11.3 Å². The summed E-state index contributed by atoms with van der Waals surface area (Å²) in [4.78, 5) is 20.4. The maximum atomic E-state index is 13.8. The van der Waals surface area contributed by atoms with Crippen molar-refractivity contribution in [1.82, 2.24) is 9.29 Å². The molecule has 0 spiro atoms. The lowest BCUT2D eigenvalue weighted by molar-refractivity contribution is -0.123. The van der Waals surface area contributed by atoms with Crippen molar-refractivity contribution < 1.29 is 27.1 Å². The predicted octanol–water partition coefficient (Wildman–Crippen LogP) is 4.45. The summed E-state index contributed by atoms with van der Waals surface area (Å²) in [7, 11) is -3.75. The fourth-order valence-electron chi connectivity index (χ4n) is 4.87. The lowest BCUT2D eigenvalue weighted by Gasteiger charge is -2.33. The number of thiazole rings is 1. The number of hydrogen-bond acceptors (Lipinski definition) is 7. The molecular weight excluding hydrogens is 517 g/mol. The smallest absolute Gasteiger partial charge is 0.243 e. The van der Waals surface area contributed by atoms with Crippen LogP contribution in [0.3, 0.4) is 0 Å². The van der Waals surface area contributed by atoms with Gasteiger partial charge in [-0.1, -0.05) is 17.4 Å². The molecule has 2 aromatic carbocycles. The van der Waals surface area contributed by atoms with Crippen LogP contribution in [-0.2, 0) is 19.6 Å². The first-order valence-corrected chi connectivity index (χ1v) is 14.8. The molecule has 2 saturated heterocycles. The van der Waals surface area contributed by atoms with Gasteiger partial charge in [0.05, 0.1) is 28.9 Å². The second-order valence-electron chi connectivity index (χ2n) is 9.25. The van der Waals surface area contributed by atoms with Gasteiger partial charge in [-0.25, -0.2) is 17.8 Å². The monoisotopic (exact) mass is 547 g/mol. The van der Waals surface area contributed by atoms with Crippen molar-refractivity contribution in [3.05, 3.63) is 48.3 Å². The molecule has 37 heavy (non-hydrogen) atoms. The topological polar surface area (TPSA) is 89.0 Å². The normalized spacial score (nSPS) is 19.4. The van der Waals surface area contributed by atoms with Gasteiger partial charge >= 0.3 is 0 Å². The third-order valence-electron chi connectivity index (χ3n) is 6.83. The maximum Gasteiger partial charge on any atom is 0.243 e. The molecule has 11 heteroatoms. The van der Waals surface area contributed by atoms with Crippen molar-refractivity contribution in [3.63, 3.8) is 0 Å². The molecule has 2 aliphatic heterocycles. The minimum absolute atomic E-state index is 0.0539. The lowest BCUT2D eigenvalue weighted by atomic mass is 9.96. The van der Waals surface area contributed by atoms with E-state index in [1.165, 1.54) is 27.8 Å². The zero-order valence-electron chi connectivity index (χ0n) is 20.6. The number of hydrogen-bond donors (Lipinski definition) is 0. The van der Waals surface area contributed by atoms with E-state index in [4.69, 9.17) is 14.5 Å². The number of amides is 1. The molecule has 3 aromatic rings. The van der Waals surface area contributed by atoms with Gasteiger partial charge in [-0.05, 0) is 69.0 Å². The van der Waals surface area contributed by atoms with Crippen molar-refractivity contribution >= 4 is 42.6 Å². The third-order valence-corrected chi connectivity index (χ3v) is 9.79. The van der Waals surface area contributed by atoms with Gasteiger partial charge in [0.15, 0.2) is 5.13 Å². The second kappa shape index (κ2) is 11.0. The Labute approximate surface area is 220 Å². The van der Waals surface area contributed by atoms with Crippen LogP contribution in [0.4, 0.5) is 9.52 Å². The summed E-state index contributed by atoms with van der Waals surface area (Å²) in [5, 5.41) is 0.601. The molecular formula is C26H30FN3O5S2. The van der Waals surface area contributed by atoms with E-state index in [-0.39, 0.29) is 35.9 Å². The Morgan fingerprint density at radius 2 is 1.95 bits per heavy atom. The molecule has 1 atom stereocenters. The molecule has 2 aliphatic rings. The summed E-state index contributed by atoms with van der Waals surface area (Å²) in [5.41, 5.74) is 0.731. The van der Waals surface area contributed by atoms with Crippen molar-refractivity contribution in [2.75, 3.05) is 37.7 Å². The Morgan fingerprint density at radius 1 is 1.19 bits per heavy atom. The Balaban J connectivity index is 1.35. The SMILES string of the molecule is CCOc1cccc2sc(N(CC3CCCO3)C(=O)C3CCN(S(=O)(=O)c4ccc(F)cc4)CC3)nc12. The molecule has 5 rings (SSSR count). The maximum absolute atomic E-state index is 13.8. The predicted molar refractivity (Wildman–Crippen MR) is 140 cm³/mol. The summed E-state index contributed by atoms with van der Waals surface area (Å²) in [6.45, 7) is 3.97. The van der Waals surface area contributed by atoms with E-state index < -0.39 is 15.8 Å². The Morgan fingerprint density at radius 3 is 2.62 bits per heavy atom. The summed E-state index contributed by atoms with van der Waals surface area (Å²) < 4.78 is 53.2. The molecule has 2 fully saturated rings. The highest BCUT2D eigenvalue weighted by Crippen LogP contribution is 2.36. The summed E-state index contributed by atoms with van der Waals surface area (Å²) in [5.74, 6) is -0.199. The number of halogens is 1. The number of rotatable bonds is 8. The fraction of sp³-hybridized carbons (Fsp3) is 0.462. The molecule has 8 nitrogen and oxygen atoms in total. The van der Waals surface area contributed by atoms with E-state index >= 15 is 0 Å². The number of carbonyl (C=O) groups is 1. The largest absolute Gasteiger partial charge is 0.492 e. The van der Waals surface area contributed by atoms with Crippen LogP contribution in [0.15, 0.2) is 47.4 Å². The number of fused-ring (bicyclic) bond motifs is 1. The fourth-order valence-corrected chi connectivity index (χ4v) is 7.34. The zero-order chi connectivity index (χ0) is 26.0. The van der Waals surface area contributed by atoms with Crippen molar-refractivity contribution in [3.8, 4) is 5.75 Å². The Kier molecular flexibility index (Phi) is 7.75. The lowest BCUT2D eigenvalue weighted by Crippen LogP contribution is -2.46. The van der Waals surface area contributed by atoms with E-state index in [0.29, 0.717) is 43.5 Å². The van der Waals surface area contributed by atoms with E-state index in [0.717, 1.165) is 35.2 Å². The highest BCUT2D eigenvalue weighted by atomic mass is 32.2. The van der Waals surface area contributed by atoms with Crippen molar-refractivity contribution in [1.29, 1.82) is 0 Å². The standard InChI is InChI=1S/C26H30FN3O5S2/c1-2-34-22-6-3-7-23-24(22)28-26(36-23)30(17-20-5-4-16-35-20)25(31)18-12-14-29(15-13-18)37(32,33)21-10-8-19(27)9-11-21/h3,6-11,18,20H,2,4-5,12-17H2,1H3. The van der Waals surface area contributed by atoms with Crippen LogP contribution in [0.25, 0.3) is 10.2 Å². The van der Waals surface area contributed by atoms with Crippen LogP contribution in [0.5, 0.6) is 5.75 Å². The summed E-state index contributed by atoms with van der Waals surface area (Å²) in [6, 6.07) is 10.6. The van der Waals surface area contributed by atoms with Gasteiger partial charge in [0.25, 0.3) is 0 Å². The Bertz CT molecular complexity index is 1350. The van der Waals surface area contributed by atoms with Crippen LogP contribution in [0.2, 0.25) is 0 Å². The molecule has 0 radical (unpaired) electrons. The van der Waals surface area contributed by atoms with Crippen LogP contribution in [0, 0.1) is 11.7 Å². The van der Waals surface area contributed by atoms with Crippen molar-refractivity contribution in [2.45, 2.75) is 43.6 Å². The molecule has 1 amide bonds. The van der Waals surface area contributed by atoms with Gasteiger partial charge in [-0.15, -0.1) is 0 Å². The molecule has 0 aliphatic carbocycles. The Hall–Kier alpha value is -2.60. The first kappa shape index (κ1) is 26.0. The molecule has 0 saturated carbocycles. The first-order valence-electron chi connectivity index (χ1n) is 12.6. The second-order valence-corrected chi connectivity index (χ2v) is 12.2. The van der Waals surface area contributed by atoms with E-state index in [2.05, 4.69) is 0 Å². The minimum Gasteiger partial charge on any atom is -0.492 e. The zero-order valence-corrected chi connectivity index (χ0v) is 22.3. The molecule has 0 bridgehead atoms. The quantitative estimate of drug-likeness (QED) is 0.414. The van der Waals surface area contributed by atoms with E-state index in [1.54, 1.807) is 4.90 Å². The molecule has 198 valence electrons. The summed E-state index contributed by atoms with van der Waals surface area (Å²) >= 11 is 1.45. The number of para-hydroxylation sites is 1. The highest BCUT2D eigenvalue weighted by molar-refractivity contribution is 7.89. The number of piperidine rings is 1. The average Bonchev–Trinajstić information content (AvgIpc) is 3.58. The van der Waals surface area contributed by atoms with Crippen molar-refractivity contribution in [2.24, 2.45) is 5.92 Å². The van der Waals surface area contributed by atoms with Gasteiger partial charge in [0.1, 0.15) is 17.1 Å². The summed E-state index contributed by atoms with van der Waals surface area (Å²) in [6.07, 6.45) is 2.59. The molecule has 1 aromatic heterocycles. The molecule has 0 N–H and O–H groups in total. The number of sulfonamides is 1. The van der Waals surface area contributed by atoms with Gasteiger partial charge < -0.3 is 9.47 Å². The number of nitrogens with zero attached hydrogens (tertiary/aromatic N) is 3. The van der Waals surface area contributed by atoms with Crippen LogP contribution in [-0.4, -0.2) is 62.6 Å². The number of carbonyl (C=O) groups excluding carboxylic acids is 1. The number of benzene rings is 2. The first-order chi connectivity index (χ1) is 17.9. The highest BCUT2D eigenvalue weighted by Gasteiger charge is 2.36. The number of aromatic nitrogens is 1. The average molecular weight is 548 g/mol. The van der Waals surface area contributed by atoms with Crippen LogP contribution < -0.4 is 9.64 Å². The van der Waals surface area contributed by atoms with Gasteiger partial charge in [-0.3, -0.25) is 9.69 Å².